The van der Waals surface area contributed by atoms with E-state index in [-0.39, 0.29) is 18.3 Å². The maximum absolute atomic E-state index is 12.1. The fraction of sp³-hybridized carbons (Fsp3) is 0.200. The van der Waals surface area contributed by atoms with Crippen LogP contribution in [0.4, 0.5) is 5.69 Å². The van der Waals surface area contributed by atoms with Gasteiger partial charge in [0.05, 0.1) is 17.2 Å². The molecule has 0 aliphatic rings. The smallest absolute Gasteiger partial charge is 0.257 e. The van der Waals surface area contributed by atoms with Crippen molar-refractivity contribution in [3.8, 4) is 5.75 Å². The van der Waals surface area contributed by atoms with Gasteiger partial charge in [-0.2, -0.15) is 0 Å². The van der Waals surface area contributed by atoms with Gasteiger partial charge in [-0.1, -0.05) is 11.6 Å². The first-order chi connectivity index (χ1) is 9.61. The van der Waals surface area contributed by atoms with Crippen LogP contribution in [0.3, 0.4) is 0 Å². The van der Waals surface area contributed by atoms with Crippen LogP contribution in [-0.2, 0) is 0 Å². The standard InChI is InChI=1S/C15H15ClN2O2.ClH/c1-3-20-14-7-10(2)13(8-12(14)16)18-15(19)11-5-4-6-17-9-11;/h4-9H,3H2,1-2H3,(H,18,19);1H. The summed E-state index contributed by atoms with van der Waals surface area (Å²) in [6, 6.07) is 6.92. The van der Waals surface area contributed by atoms with E-state index in [4.69, 9.17) is 16.3 Å². The first-order valence-corrected chi connectivity index (χ1v) is 6.64. The predicted octanol–water partition coefficient (Wildman–Crippen LogP) is 4.12. The van der Waals surface area contributed by atoms with Crippen LogP contribution in [0.25, 0.3) is 0 Å². The summed E-state index contributed by atoms with van der Waals surface area (Å²) in [4.78, 5) is 16.0. The Kier molecular flexibility index (Phi) is 6.46. The molecule has 0 radical (unpaired) electrons. The number of hydrogen-bond acceptors (Lipinski definition) is 3. The van der Waals surface area contributed by atoms with Crippen LogP contribution in [0.15, 0.2) is 36.7 Å². The van der Waals surface area contributed by atoms with E-state index in [0.717, 1.165) is 5.56 Å². The molecule has 1 amide bonds. The highest BCUT2D eigenvalue weighted by atomic mass is 35.5. The number of nitrogens with one attached hydrogen (secondary N) is 1. The first-order valence-electron chi connectivity index (χ1n) is 6.26. The number of anilines is 1. The van der Waals surface area contributed by atoms with Crippen molar-refractivity contribution in [3.63, 3.8) is 0 Å². The summed E-state index contributed by atoms with van der Waals surface area (Å²) in [7, 11) is 0. The monoisotopic (exact) mass is 326 g/mol. The van der Waals surface area contributed by atoms with Gasteiger partial charge >= 0.3 is 0 Å². The van der Waals surface area contributed by atoms with Gasteiger partial charge in [0, 0.05) is 18.1 Å². The highest BCUT2D eigenvalue weighted by Crippen LogP contribution is 2.31. The molecule has 0 aliphatic heterocycles. The molecule has 6 heteroatoms. The van der Waals surface area contributed by atoms with E-state index in [2.05, 4.69) is 10.3 Å². The number of carbonyl (C=O) groups excluding carboxylic acids is 1. The minimum absolute atomic E-state index is 0. The quantitative estimate of drug-likeness (QED) is 0.919. The number of hydrogen-bond donors (Lipinski definition) is 1. The average Bonchev–Trinajstić information content (AvgIpc) is 2.45. The zero-order chi connectivity index (χ0) is 14.5. The zero-order valence-electron chi connectivity index (χ0n) is 11.7. The summed E-state index contributed by atoms with van der Waals surface area (Å²) in [5.41, 5.74) is 2.04. The summed E-state index contributed by atoms with van der Waals surface area (Å²) >= 11 is 6.12. The van der Waals surface area contributed by atoms with Crippen LogP contribution in [0, 0.1) is 6.92 Å². The van der Waals surface area contributed by atoms with Gasteiger partial charge in [0.1, 0.15) is 5.75 Å². The second kappa shape index (κ2) is 7.86. The van der Waals surface area contributed by atoms with E-state index in [0.29, 0.717) is 28.6 Å². The first kappa shape index (κ1) is 17.3. The molecule has 0 atom stereocenters. The molecule has 4 nitrogen and oxygen atoms in total. The number of aromatic nitrogens is 1. The van der Waals surface area contributed by atoms with E-state index in [1.165, 1.54) is 6.20 Å². The summed E-state index contributed by atoms with van der Waals surface area (Å²) in [6.07, 6.45) is 3.14. The molecule has 0 fully saturated rings. The van der Waals surface area contributed by atoms with Crippen LogP contribution in [-0.4, -0.2) is 17.5 Å². The van der Waals surface area contributed by atoms with Gasteiger partial charge in [0.2, 0.25) is 0 Å². The molecule has 1 aromatic heterocycles. The van der Waals surface area contributed by atoms with Gasteiger partial charge < -0.3 is 10.1 Å². The van der Waals surface area contributed by atoms with Crippen molar-refractivity contribution < 1.29 is 9.53 Å². The average molecular weight is 327 g/mol. The van der Waals surface area contributed by atoms with Crippen molar-refractivity contribution in [2.75, 3.05) is 11.9 Å². The lowest BCUT2D eigenvalue weighted by Crippen LogP contribution is -2.13. The number of carbonyl (C=O) groups is 1. The largest absolute Gasteiger partial charge is 0.492 e. The second-order valence-corrected chi connectivity index (χ2v) is 4.63. The van der Waals surface area contributed by atoms with Crippen LogP contribution in [0.2, 0.25) is 5.02 Å². The van der Waals surface area contributed by atoms with E-state index >= 15 is 0 Å². The fourth-order valence-corrected chi connectivity index (χ4v) is 1.97. The number of nitrogens with zero attached hydrogens (tertiary/aromatic N) is 1. The predicted molar refractivity (Wildman–Crippen MR) is 86.8 cm³/mol. The Bertz CT molecular complexity index is 619. The Morgan fingerprint density at radius 3 is 2.81 bits per heavy atom. The number of pyridine rings is 1. The SMILES string of the molecule is CCOc1cc(C)c(NC(=O)c2cccnc2)cc1Cl.Cl. The van der Waals surface area contributed by atoms with Gasteiger partial charge in [-0.05, 0) is 43.7 Å². The van der Waals surface area contributed by atoms with E-state index < -0.39 is 0 Å². The molecule has 21 heavy (non-hydrogen) atoms. The number of halogens is 2. The molecule has 0 saturated carbocycles. The Hall–Kier alpha value is -1.78. The maximum atomic E-state index is 12.1. The zero-order valence-corrected chi connectivity index (χ0v) is 13.3. The van der Waals surface area contributed by atoms with Crippen molar-refractivity contribution in [1.82, 2.24) is 4.98 Å². The molecule has 0 spiro atoms. The highest BCUT2D eigenvalue weighted by molar-refractivity contribution is 6.32. The molecule has 2 rings (SSSR count). The normalized spacial score (nSPS) is 9.67. The highest BCUT2D eigenvalue weighted by Gasteiger charge is 2.11. The maximum Gasteiger partial charge on any atom is 0.257 e. The Labute approximate surface area is 134 Å². The van der Waals surface area contributed by atoms with Crippen LogP contribution in [0.5, 0.6) is 5.75 Å². The molecule has 112 valence electrons. The molecule has 0 bridgehead atoms. The van der Waals surface area contributed by atoms with Crippen molar-refractivity contribution >= 4 is 35.6 Å². The van der Waals surface area contributed by atoms with Crippen molar-refractivity contribution in [2.45, 2.75) is 13.8 Å². The van der Waals surface area contributed by atoms with Gasteiger partial charge in [0.25, 0.3) is 5.91 Å². The number of amides is 1. The van der Waals surface area contributed by atoms with E-state index in [1.54, 1.807) is 24.4 Å². The minimum Gasteiger partial charge on any atom is -0.492 e. The number of ether oxygens (including phenoxy) is 1. The lowest BCUT2D eigenvalue weighted by Gasteiger charge is -2.12. The molecule has 1 heterocycles. The third-order valence-electron chi connectivity index (χ3n) is 2.75. The van der Waals surface area contributed by atoms with Gasteiger partial charge in [-0.3, -0.25) is 9.78 Å². The Morgan fingerprint density at radius 2 is 2.19 bits per heavy atom. The van der Waals surface area contributed by atoms with E-state index in [1.807, 2.05) is 19.9 Å². The molecule has 1 N–H and O–H groups in total. The van der Waals surface area contributed by atoms with E-state index in [9.17, 15) is 4.79 Å². The fourth-order valence-electron chi connectivity index (χ4n) is 1.75. The summed E-state index contributed by atoms with van der Waals surface area (Å²) < 4.78 is 5.41. The number of rotatable bonds is 4. The van der Waals surface area contributed by atoms with Gasteiger partial charge in [-0.25, -0.2) is 0 Å². The molecule has 1 aromatic carbocycles. The molecular weight excluding hydrogens is 311 g/mol. The van der Waals surface area contributed by atoms with Gasteiger partial charge in [0.15, 0.2) is 0 Å². The number of aryl methyl sites for hydroxylation is 1. The summed E-state index contributed by atoms with van der Waals surface area (Å²) in [5, 5.41) is 3.29. The summed E-state index contributed by atoms with van der Waals surface area (Å²) in [6.45, 7) is 4.32. The van der Waals surface area contributed by atoms with Crippen LogP contribution < -0.4 is 10.1 Å². The minimum atomic E-state index is -0.221. The molecule has 2 aromatic rings. The second-order valence-electron chi connectivity index (χ2n) is 4.23. The summed E-state index contributed by atoms with van der Waals surface area (Å²) in [5.74, 6) is 0.396. The van der Waals surface area contributed by atoms with Crippen LogP contribution in [0.1, 0.15) is 22.8 Å². The van der Waals surface area contributed by atoms with Crippen molar-refractivity contribution in [1.29, 1.82) is 0 Å². The van der Waals surface area contributed by atoms with Crippen molar-refractivity contribution in [3.05, 3.63) is 52.8 Å². The molecule has 0 aliphatic carbocycles. The lowest BCUT2D eigenvalue weighted by molar-refractivity contribution is 0.102. The molecule has 0 saturated heterocycles. The third kappa shape index (κ3) is 4.34. The van der Waals surface area contributed by atoms with Crippen LogP contribution >= 0.6 is 24.0 Å². The lowest BCUT2D eigenvalue weighted by atomic mass is 10.1. The third-order valence-corrected chi connectivity index (χ3v) is 3.05. The van der Waals surface area contributed by atoms with Gasteiger partial charge in [-0.15, -0.1) is 12.4 Å². The Balaban J connectivity index is 0.00000220. The molecule has 0 unspecified atom stereocenters. The van der Waals surface area contributed by atoms with Crippen molar-refractivity contribution in [2.24, 2.45) is 0 Å². The topological polar surface area (TPSA) is 51.2 Å². The number of benzene rings is 1. The molecular formula is C15H16Cl2N2O2. The Morgan fingerprint density at radius 1 is 1.43 bits per heavy atom.